The zero-order valence-corrected chi connectivity index (χ0v) is 18.8. The van der Waals surface area contributed by atoms with Crippen LogP contribution in [-0.2, 0) is 6.54 Å². The van der Waals surface area contributed by atoms with Crippen LogP contribution in [0.4, 0.5) is 9.80 Å². The molecule has 0 atom stereocenters. The summed E-state index contributed by atoms with van der Waals surface area (Å²) in [4.78, 5) is 40.8. The molecule has 2 rings (SSSR count). The van der Waals surface area contributed by atoms with Gasteiger partial charge >= 0.3 is 12.0 Å². The SMILES string of the molecule is CCCCCCCCNC(=O)Nc1sc(C(=O)NCc2cccnc2)c(C)c1C(=O)O. The summed E-state index contributed by atoms with van der Waals surface area (Å²) in [6, 6.07) is 3.13. The molecular weight excluding hydrogens is 416 g/mol. The number of thiophene rings is 1. The van der Waals surface area contributed by atoms with Gasteiger partial charge in [-0.1, -0.05) is 45.1 Å². The number of hydrogen-bond donors (Lipinski definition) is 4. The largest absolute Gasteiger partial charge is 0.478 e. The van der Waals surface area contributed by atoms with Crippen LogP contribution in [0.25, 0.3) is 0 Å². The monoisotopic (exact) mass is 446 g/mol. The van der Waals surface area contributed by atoms with Crippen molar-refractivity contribution >= 4 is 34.2 Å². The lowest BCUT2D eigenvalue weighted by Crippen LogP contribution is -2.29. The number of carbonyl (C=O) groups excluding carboxylic acids is 2. The lowest BCUT2D eigenvalue weighted by molar-refractivity contribution is 0.0697. The maximum atomic E-state index is 12.6. The van der Waals surface area contributed by atoms with Crippen LogP contribution in [0.2, 0.25) is 0 Å². The minimum Gasteiger partial charge on any atom is -0.478 e. The highest BCUT2D eigenvalue weighted by Gasteiger charge is 2.25. The van der Waals surface area contributed by atoms with Gasteiger partial charge in [-0.05, 0) is 30.5 Å². The molecule has 0 aliphatic heterocycles. The van der Waals surface area contributed by atoms with Crippen molar-refractivity contribution in [1.82, 2.24) is 15.6 Å². The fraction of sp³-hybridized carbons (Fsp3) is 0.455. The third-order valence-corrected chi connectivity index (χ3v) is 5.99. The number of hydrogen-bond acceptors (Lipinski definition) is 5. The fourth-order valence-electron chi connectivity index (χ4n) is 3.10. The van der Waals surface area contributed by atoms with Crippen LogP contribution in [0, 0.1) is 6.92 Å². The number of aromatic nitrogens is 1. The number of unbranched alkanes of at least 4 members (excludes halogenated alkanes) is 5. The van der Waals surface area contributed by atoms with Gasteiger partial charge in [0.1, 0.15) is 5.00 Å². The van der Waals surface area contributed by atoms with E-state index < -0.39 is 17.9 Å². The van der Waals surface area contributed by atoms with Crippen molar-refractivity contribution in [3.05, 3.63) is 46.1 Å². The summed E-state index contributed by atoms with van der Waals surface area (Å²) in [5.74, 6) is -1.58. The molecule has 2 aromatic rings. The average molecular weight is 447 g/mol. The molecule has 168 valence electrons. The number of rotatable bonds is 12. The van der Waals surface area contributed by atoms with Crippen LogP contribution in [0.3, 0.4) is 0 Å². The number of anilines is 1. The van der Waals surface area contributed by atoms with Gasteiger partial charge in [-0.25, -0.2) is 9.59 Å². The Balaban J connectivity index is 1.94. The van der Waals surface area contributed by atoms with Crippen molar-refractivity contribution in [2.45, 2.75) is 58.9 Å². The van der Waals surface area contributed by atoms with Crippen LogP contribution in [0.5, 0.6) is 0 Å². The predicted octanol–water partition coefficient (Wildman–Crippen LogP) is 4.56. The van der Waals surface area contributed by atoms with Crippen LogP contribution in [0.15, 0.2) is 24.5 Å². The van der Waals surface area contributed by atoms with Gasteiger partial charge < -0.3 is 15.7 Å². The molecule has 9 heteroatoms. The van der Waals surface area contributed by atoms with Gasteiger partial charge in [0, 0.05) is 25.5 Å². The molecule has 0 aliphatic carbocycles. The number of amides is 3. The van der Waals surface area contributed by atoms with Gasteiger partial charge in [0.25, 0.3) is 5.91 Å². The summed E-state index contributed by atoms with van der Waals surface area (Å²) in [6.45, 7) is 4.52. The Labute approximate surface area is 186 Å². The smallest absolute Gasteiger partial charge is 0.339 e. The zero-order chi connectivity index (χ0) is 22.6. The van der Waals surface area contributed by atoms with Gasteiger partial charge in [-0.15, -0.1) is 11.3 Å². The second-order valence-corrected chi connectivity index (χ2v) is 8.28. The first-order valence-electron chi connectivity index (χ1n) is 10.5. The Bertz CT molecular complexity index is 883. The number of urea groups is 1. The molecular formula is C22H30N4O4S. The molecule has 4 N–H and O–H groups in total. The highest BCUT2D eigenvalue weighted by atomic mass is 32.1. The Morgan fingerprint density at radius 3 is 2.52 bits per heavy atom. The van der Waals surface area contributed by atoms with Gasteiger partial charge in [0.15, 0.2) is 0 Å². The average Bonchev–Trinajstić information content (AvgIpc) is 3.08. The maximum absolute atomic E-state index is 12.6. The van der Waals surface area contributed by atoms with E-state index in [-0.39, 0.29) is 22.0 Å². The summed E-state index contributed by atoms with van der Waals surface area (Å²) in [5, 5.41) is 17.8. The highest BCUT2D eigenvalue weighted by Crippen LogP contribution is 2.33. The normalized spacial score (nSPS) is 10.5. The van der Waals surface area contributed by atoms with Crippen molar-refractivity contribution in [2.75, 3.05) is 11.9 Å². The Hall–Kier alpha value is -2.94. The number of carbonyl (C=O) groups is 3. The van der Waals surface area contributed by atoms with E-state index in [1.54, 1.807) is 25.4 Å². The minimum atomic E-state index is -1.19. The van der Waals surface area contributed by atoms with E-state index in [0.29, 0.717) is 12.1 Å². The Morgan fingerprint density at radius 2 is 1.84 bits per heavy atom. The first kappa shape index (κ1) is 24.3. The summed E-state index contributed by atoms with van der Waals surface area (Å²) in [5.41, 5.74) is 1.09. The summed E-state index contributed by atoms with van der Waals surface area (Å²) >= 11 is 0.958. The van der Waals surface area contributed by atoms with Crippen molar-refractivity contribution in [1.29, 1.82) is 0 Å². The number of pyridine rings is 1. The molecule has 8 nitrogen and oxygen atoms in total. The molecule has 0 saturated carbocycles. The van der Waals surface area contributed by atoms with E-state index in [0.717, 1.165) is 36.2 Å². The second kappa shape index (κ2) is 12.7. The maximum Gasteiger partial charge on any atom is 0.339 e. The number of carboxylic acid groups (broad SMARTS) is 1. The number of nitrogens with zero attached hydrogens (tertiary/aromatic N) is 1. The van der Waals surface area contributed by atoms with E-state index in [9.17, 15) is 19.5 Å². The molecule has 0 radical (unpaired) electrons. The second-order valence-electron chi connectivity index (χ2n) is 7.26. The summed E-state index contributed by atoms with van der Waals surface area (Å²) in [7, 11) is 0. The molecule has 0 aliphatic rings. The molecule has 0 saturated heterocycles. The van der Waals surface area contributed by atoms with E-state index in [4.69, 9.17) is 0 Å². The van der Waals surface area contributed by atoms with Crippen LogP contribution in [0.1, 0.15) is 76.6 Å². The van der Waals surface area contributed by atoms with Crippen molar-refractivity contribution in [2.24, 2.45) is 0 Å². The third kappa shape index (κ3) is 7.67. The topological polar surface area (TPSA) is 120 Å². The standard InChI is InChI=1S/C22H30N4O4S/c1-3-4-5-6-7-8-12-24-22(30)26-20-17(21(28)29)15(2)18(31-20)19(27)25-14-16-10-9-11-23-13-16/h9-11,13H,3-8,12,14H2,1-2H3,(H,25,27)(H,28,29)(H2,24,26,30). The molecule has 2 aromatic heterocycles. The van der Waals surface area contributed by atoms with Gasteiger partial charge in [-0.3, -0.25) is 15.1 Å². The van der Waals surface area contributed by atoms with E-state index in [1.165, 1.54) is 19.3 Å². The quantitative estimate of drug-likeness (QED) is 0.356. The summed E-state index contributed by atoms with van der Waals surface area (Å²) in [6.07, 6.45) is 9.95. The molecule has 0 unspecified atom stereocenters. The first-order chi connectivity index (χ1) is 14.9. The van der Waals surface area contributed by atoms with Crippen molar-refractivity contribution < 1.29 is 19.5 Å². The molecule has 0 aromatic carbocycles. The van der Waals surface area contributed by atoms with E-state index >= 15 is 0 Å². The lowest BCUT2D eigenvalue weighted by Gasteiger charge is -2.07. The van der Waals surface area contributed by atoms with Gasteiger partial charge in [-0.2, -0.15) is 0 Å². The van der Waals surface area contributed by atoms with Gasteiger partial charge in [0.05, 0.1) is 10.4 Å². The number of aromatic carboxylic acids is 1. The van der Waals surface area contributed by atoms with Crippen LogP contribution < -0.4 is 16.0 Å². The van der Waals surface area contributed by atoms with Crippen LogP contribution >= 0.6 is 11.3 Å². The highest BCUT2D eigenvalue weighted by molar-refractivity contribution is 7.18. The molecule has 0 bridgehead atoms. The molecule has 0 spiro atoms. The summed E-state index contributed by atoms with van der Waals surface area (Å²) < 4.78 is 0. The van der Waals surface area contributed by atoms with Crippen molar-refractivity contribution in [3.8, 4) is 0 Å². The van der Waals surface area contributed by atoms with E-state index in [1.807, 2.05) is 6.07 Å². The Kier molecular flexibility index (Phi) is 9.96. The van der Waals surface area contributed by atoms with Crippen molar-refractivity contribution in [3.63, 3.8) is 0 Å². The first-order valence-corrected chi connectivity index (χ1v) is 11.3. The zero-order valence-electron chi connectivity index (χ0n) is 18.0. The number of nitrogens with one attached hydrogen (secondary N) is 3. The molecule has 3 amide bonds. The minimum absolute atomic E-state index is 0.0637. The van der Waals surface area contributed by atoms with E-state index in [2.05, 4.69) is 27.9 Å². The third-order valence-electron chi connectivity index (χ3n) is 4.79. The molecule has 31 heavy (non-hydrogen) atoms. The van der Waals surface area contributed by atoms with Crippen LogP contribution in [-0.4, -0.2) is 34.5 Å². The number of carboxylic acids is 1. The molecule has 0 fully saturated rings. The lowest BCUT2D eigenvalue weighted by atomic mass is 10.1. The fourth-order valence-corrected chi connectivity index (χ4v) is 4.21. The molecule has 2 heterocycles. The Morgan fingerprint density at radius 1 is 1.10 bits per heavy atom. The van der Waals surface area contributed by atoms with Gasteiger partial charge in [0.2, 0.25) is 0 Å². The predicted molar refractivity (Wildman–Crippen MR) is 122 cm³/mol.